The minimum absolute atomic E-state index is 0.810. The average molecular weight is 162 g/mol. The van der Waals surface area contributed by atoms with E-state index in [9.17, 15) is 0 Å². The normalized spacial score (nSPS) is 45.8. The predicted octanol–water partition coefficient (Wildman–Crippen LogP) is 3.41. The number of rotatable bonds is 1. The van der Waals surface area contributed by atoms with Crippen molar-refractivity contribution < 1.29 is 0 Å². The summed E-state index contributed by atoms with van der Waals surface area (Å²) < 4.78 is 0. The molecule has 0 aromatic rings. The number of hydrogen-bond acceptors (Lipinski definition) is 0. The van der Waals surface area contributed by atoms with Gasteiger partial charge in [0.05, 0.1) is 0 Å². The van der Waals surface area contributed by atoms with Gasteiger partial charge in [-0.05, 0) is 36.5 Å². The Labute approximate surface area is 75.4 Å². The molecule has 4 unspecified atom stereocenters. The molecule has 0 radical (unpaired) electrons. The van der Waals surface area contributed by atoms with Crippen molar-refractivity contribution in [3.8, 4) is 0 Å². The van der Waals surface area contributed by atoms with Crippen LogP contribution in [0.25, 0.3) is 0 Å². The zero-order valence-corrected chi connectivity index (χ0v) is 8.03. The molecule has 0 aromatic heterocycles. The van der Waals surface area contributed by atoms with Crippen LogP contribution in [0.3, 0.4) is 0 Å². The van der Waals surface area contributed by atoms with Crippen molar-refractivity contribution in [3.05, 3.63) is 24.3 Å². The fraction of sp³-hybridized carbons (Fsp3) is 0.667. The van der Waals surface area contributed by atoms with Crippen LogP contribution in [0.4, 0.5) is 0 Å². The van der Waals surface area contributed by atoms with Gasteiger partial charge in [0.15, 0.2) is 0 Å². The molecule has 2 aliphatic carbocycles. The van der Waals surface area contributed by atoms with Gasteiger partial charge in [-0.25, -0.2) is 0 Å². The molecule has 0 nitrogen and oxygen atoms in total. The summed E-state index contributed by atoms with van der Waals surface area (Å²) in [6.45, 7) is 4.68. The Morgan fingerprint density at radius 3 is 2.42 bits per heavy atom. The maximum atomic E-state index is 2.44. The van der Waals surface area contributed by atoms with Crippen molar-refractivity contribution >= 4 is 0 Å². The number of hydrogen-bond donors (Lipinski definition) is 0. The fourth-order valence-corrected chi connectivity index (χ4v) is 2.61. The third-order valence-corrected chi connectivity index (χ3v) is 3.40. The van der Waals surface area contributed by atoms with E-state index >= 15 is 0 Å². The quantitative estimate of drug-likeness (QED) is 0.518. The molecule has 66 valence electrons. The Kier molecular flexibility index (Phi) is 2.08. The van der Waals surface area contributed by atoms with E-state index in [1.807, 2.05) is 0 Å². The maximum absolute atomic E-state index is 2.44. The Morgan fingerprint density at radius 2 is 1.92 bits per heavy atom. The molecule has 0 spiro atoms. The van der Waals surface area contributed by atoms with E-state index in [0.29, 0.717) is 0 Å². The van der Waals surface area contributed by atoms with Gasteiger partial charge < -0.3 is 0 Å². The Hall–Kier alpha value is -0.520. The van der Waals surface area contributed by atoms with Gasteiger partial charge in [0, 0.05) is 0 Å². The average Bonchev–Trinajstić information content (AvgIpc) is 2.58. The lowest BCUT2D eigenvalue weighted by Gasteiger charge is -2.21. The van der Waals surface area contributed by atoms with Crippen LogP contribution in [-0.4, -0.2) is 0 Å². The second-order valence-electron chi connectivity index (χ2n) is 4.45. The second kappa shape index (κ2) is 3.08. The molecule has 0 saturated heterocycles. The standard InChI is InChI=1S/C12H18/c1-9-6-7-11(8-9)12-5-3-4-10(12)2/h3-4,6-7,9-12H,5,8H2,1-2H3. The minimum atomic E-state index is 0.810. The summed E-state index contributed by atoms with van der Waals surface area (Å²) in [5.74, 6) is 3.41. The first-order valence-electron chi connectivity index (χ1n) is 5.12. The lowest BCUT2D eigenvalue weighted by atomic mass is 9.83. The van der Waals surface area contributed by atoms with Crippen molar-refractivity contribution in [3.63, 3.8) is 0 Å². The Balaban J connectivity index is 1.98. The molecule has 0 amide bonds. The van der Waals surface area contributed by atoms with E-state index < -0.39 is 0 Å². The first kappa shape index (κ1) is 8.10. The van der Waals surface area contributed by atoms with Gasteiger partial charge >= 0.3 is 0 Å². The molecule has 0 saturated carbocycles. The molecular weight excluding hydrogens is 144 g/mol. The highest BCUT2D eigenvalue weighted by Crippen LogP contribution is 2.38. The summed E-state index contributed by atoms with van der Waals surface area (Å²) in [5, 5.41) is 0. The van der Waals surface area contributed by atoms with Crippen molar-refractivity contribution in [1.82, 2.24) is 0 Å². The SMILES string of the molecule is CC1C=CC(C2CC=CC2C)C1. The molecule has 2 aliphatic rings. The molecule has 2 rings (SSSR count). The molecule has 0 aromatic carbocycles. The van der Waals surface area contributed by atoms with Gasteiger partial charge in [0.1, 0.15) is 0 Å². The van der Waals surface area contributed by atoms with Crippen LogP contribution in [0.5, 0.6) is 0 Å². The topological polar surface area (TPSA) is 0 Å². The molecule has 0 aliphatic heterocycles. The molecule has 0 bridgehead atoms. The van der Waals surface area contributed by atoms with Gasteiger partial charge in [0.25, 0.3) is 0 Å². The van der Waals surface area contributed by atoms with Crippen molar-refractivity contribution in [2.24, 2.45) is 23.7 Å². The highest BCUT2D eigenvalue weighted by molar-refractivity contribution is 5.09. The van der Waals surface area contributed by atoms with E-state index in [1.165, 1.54) is 12.8 Å². The number of allylic oxidation sites excluding steroid dienone is 4. The third kappa shape index (κ3) is 1.35. The summed E-state index contributed by atoms with van der Waals surface area (Å²) >= 11 is 0. The van der Waals surface area contributed by atoms with E-state index in [1.54, 1.807) is 0 Å². The molecule has 0 fully saturated rings. The minimum Gasteiger partial charge on any atom is -0.0879 e. The van der Waals surface area contributed by atoms with Gasteiger partial charge in [-0.3, -0.25) is 0 Å². The summed E-state index contributed by atoms with van der Waals surface area (Å²) in [7, 11) is 0. The molecule has 0 heterocycles. The monoisotopic (exact) mass is 162 g/mol. The lowest BCUT2D eigenvalue weighted by molar-refractivity contribution is 0.324. The summed E-state index contributed by atoms with van der Waals surface area (Å²) in [4.78, 5) is 0. The van der Waals surface area contributed by atoms with Crippen LogP contribution < -0.4 is 0 Å². The van der Waals surface area contributed by atoms with E-state index in [-0.39, 0.29) is 0 Å². The van der Waals surface area contributed by atoms with Crippen LogP contribution in [0.15, 0.2) is 24.3 Å². The van der Waals surface area contributed by atoms with Crippen LogP contribution in [-0.2, 0) is 0 Å². The van der Waals surface area contributed by atoms with Crippen LogP contribution in [0.1, 0.15) is 26.7 Å². The van der Waals surface area contributed by atoms with E-state index in [4.69, 9.17) is 0 Å². The highest BCUT2D eigenvalue weighted by Gasteiger charge is 2.29. The first-order valence-corrected chi connectivity index (χ1v) is 5.12. The molecule has 0 N–H and O–H groups in total. The van der Waals surface area contributed by atoms with Crippen LogP contribution in [0, 0.1) is 23.7 Å². The highest BCUT2D eigenvalue weighted by atomic mass is 14.3. The Bertz CT molecular complexity index is 212. The lowest BCUT2D eigenvalue weighted by Crippen LogP contribution is -2.14. The second-order valence-corrected chi connectivity index (χ2v) is 4.45. The van der Waals surface area contributed by atoms with Gasteiger partial charge in [-0.1, -0.05) is 38.2 Å². The van der Waals surface area contributed by atoms with E-state index in [2.05, 4.69) is 38.2 Å². The molecule has 4 atom stereocenters. The zero-order chi connectivity index (χ0) is 8.55. The van der Waals surface area contributed by atoms with Crippen molar-refractivity contribution in [1.29, 1.82) is 0 Å². The fourth-order valence-electron chi connectivity index (χ4n) is 2.61. The third-order valence-electron chi connectivity index (χ3n) is 3.40. The summed E-state index contributed by atoms with van der Waals surface area (Å²) in [5.41, 5.74) is 0. The summed E-state index contributed by atoms with van der Waals surface area (Å²) in [6.07, 6.45) is 12.3. The van der Waals surface area contributed by atoms with Gasteiger partial charge in [-0.15, -0.1) is 0 Å². The van der Waals surface area contributed by atoms with Crippen molar-refractivity contribution in [2.75, 3.05) is 0 Å². The van der Waals surface area contributed by atoms with Gasteiger partial charge in [0.2, 0.25) is 0 Å². The maximum Gasteiger partial charge on any atom is -0.0191 e. The Morgan fingerprint density at radius 1 is 1.08 bits per heavy atom. The van der Waals surface area contributed by atoms with Crippen LogP contribution >= 0.6 is 0 Å². The summed E-state index contributed by atoms with van der Waals surface area (Å²) in [6, 6.07) is 0. The largest absolute Gasteiger partial charge is 0.0879 e. The molecular formula is C12H18. The smallest absolute Gasteiger partial charge is 0.0191 e. The van der Waals surface area contributed by atoms with Crippen LogP contribution in [0.2, 0.25) is 0 Å². The first-order chi connectivity index (χ1) is 5.77. The zero-order valence-electron chi connectivity index (χ0n) is 8.03. The van der Waals surface area contributed by atoms with Gasteiger partial charge in [-0.2, -0.15) is 0 Å². The van der Waals surface area contributed by atoms with E-state index in [0.717, 1.165) is 23.7 Å². The molecule has 0 heteroatoms. The van der Waals surface area contributed by atoms with Crippen molar-refractivity contribution in [2.45, 2.75) is 26.7 Å². The predicted molar refractivity (Wildman–Crippen MR) is 52.8 cm³/mol. The molecule has 12 heavy (non-hydrogen) atoms.